The number of anilines is 1. The number of carbonyl (C=O) groups is 1. The van der Waals surface area contributed by atoms with Gasteiger partial charge >= 0.3 is 0 Å². The zero-order valence-electron chi connectivity index (χ0n) is 16.6. The highest BCUT2D eigenvalue weighted by Gasteiger charge is 2.27. The van der Waals surface area contributed by atoms with Crippen molar-refractivity contribution >= 4 is 34.4 Å². The maximum atomic E-state index is 13.3. The van der Waals surface area contributed by atoms with Gasteiger partial charge in [-0.3, -0.25) is 4.79 Å². The molecule has 0 bridgehead atoms. The molecule has 1 amide bonds. The minimum atomic E-state index is -0.269. The fourth-order valence-corrected chi connectivity index (χ4v) is 4.82. The minimum absolute atomic E-state index is 0.106. The van der Waals surface area contributed by atoms with Gasteiger partial charge < -0.3 is 4.90 Å². The third-order valence-electron chi connectivity index (χ3n) is 5.34. The van der Waals surface area contributed by atoms with Gasteiger partial charge in [-0.2, -0.15) is 5.10 Å². The Morgan fingerprint density at radius 1 is 1.07 bits per heavy atom. The first-order chi connectivity index (χ1) is 14.7. The molecule has 0 saturated carbocycles. The Bertz CT molecular complexity index is 1210. The number of hydrogen-bond donors (Lipinski definition) is 0. The van der Waals surface area contributed by atoms with E-state index in [1.54, 1.807) is 17.2 Å². The molecule has 150 valence electrons. The minimum Gasteiger partial charge on any atom is -0.311 e. The summed E-state index contributed by atoms with van der Waals surface area (Å²) in [5, 5.41) is 5.86. The summed E-state index contributed by atoms with van der Waals surface area (Å²) in [4.78, 5) is 24.1. The Hall–Kier alpha value is -3.19. The highest BCUT2D eigenvalue weighted by atomic mass is 32.2. The zero-order valence-corrected chi connectivity index (χ0v) is 17.4. The molecule has 4 aromatic rings. The Morgan fingerprint density at radius 2 is 1.87 bits per heavy atom. The standard InChI is InChI=1S/C23H21N5OS/c1-16(23(29)27-13-7-9-17-8-5-6-12-20(17)27)30-22-19-14-26-28(21(19)24-15-25-22)18-10-3-2-4-11-18/h2-6,8,10-12,14-16H,7,9,13H2,1H3. The average Bonchev–Trinajstić information content (AvgIpc) is 3.24. The normalized spacial score (nSPS) is 14.5. The number of thioether (sulfide) groups is 1. The summed E-state index contributed by atoms with van der Waals surface area (Å²) in [6.45, 7) is 2.70. The summed E-state index contributed by atoms with van der Waals surface area (Å²) in [6.07, 6.45) is 5.33. The smallest absolute Gasteiger partial charge is 0.240 e. The third kappa shape index (κ3) is 3.35. The molecule has 7 heteroatoms. The Labute approximate surface area is 179 Å². The van der Waals surface area contributed by atoms with Gasteiger partial charge in [-0.05, 0) is 43.5 Å². The van der Waals surface area contributed by atoms with Gasteiger partial charge in [0.15, 0.2) is 5.65 Å². The maximum Gasteiger partial charge on any atom is 0.240 e. The van der Waals surface area contributed by atoms with Crippen molar-refractivity contribution in [2.24, 2.45) is 0 Å². The van der Waals surface area contributed by atoms with Gasteiger partial charge in [0, 0.05) is 12.2 Å². The lowest BCUT2D eigenvalue weighted by molar-refractivity contribution is -0.117. The van der Waals surface area contributed by atoms with Crippen LogP contribution in [0.4, 0.5) is 5.69 Å². The van der Waals surface area contributed by atoms with Crippen LogP contribution in [0.3, 0.4) is 0 Å². The number of carbonyl (C=O) groups excluding carboxylic acids is 1. The van der Waals surface area contributed by atoms with Crippen LogP contribution in [0, 0.1) is 0 Å². The predicted molar refractivity (Wildman–Crippen MR) is 119 cm³/mol. The fraction of sp³-hybridized carbons (Fsp3) is 0.217. The zero-order chi connectivity index (χ0) is 20.5. The number of nitrogens with zero attached hydrogens (tertiary/aromatic N) is 5. The second-order valence-electron chi connectivity index (χ2n) is 7.29. The summed E-state index contributed by atoms with van der Waals surface area (Å²) in [5.74, 6) is 0.106. The van der Waals surface area contributed by atoms with E-state index in [0.717, 1.165) is 46.8 Å². The molecular weight excluding hydrogens is 394 g/mol. The summed E-state index contributed by atoms with van der Waals surface area (Å²) >= 11 is 1.46. The summed E-state index contributed by atoms with van der Waals surface area (Å²) in [5.41, 5.74) is 3.95. The number of amides is 1. The highest BCUT2D eigenvalue weighted by Crippen LogP contribution is 2.33. The van der Waals surface area contributed by atoms with Crippen LogP contribution in [-0.4, -0.2) is 37.5 Å². The molecule has 2 aromatic carbocycles. The maximum absolute atomic E-state index is 13.3. The number of aromatic nitrogens is 4. The van der Waals surface area contributed by atoms with E-state index in [2.05, 4.69) is 21.1 Å². The monoisotopic (exact) mass is 415 g/mol. The third-order valence-corrected chi connectivity index (χ3v) is 6.45. The fourth-order valence-electron chi connectivity index (χ4n) is 3.87. The quantitative estimate of drug-likeness (QED) is 0.368. The predicted octanol–water partition coefficient (Wildman–Crippen LogP) is 4.28. The van der Waals surface area contributed by atoms with Crippen molar-refractivity contribution < 1.29 is 4.79 Å². The molecule has 1 aliphatic heterocycles. The van der Waals surface area contributed by atoms with Crippen molar-refractivity contribution in [3.63, 3.8) is 0 Å². The summed E-state index contributed by atoms with van der Waals surface area (Å²) in [6, 6.07) is 18.1. The average molecular weight is 416 g/mol. The summed E-state index contributed by atoms with van der Waals surface area (Å²) in [7, 11) is 0. The van der Waals surface area contributed by atoms with Gasteiger partial charge in [0.25, 0.3) is 0 Å². The van der Waals surface area contributed by atoms with E-state index in [0.29, 0.717) is 0 Å². The van der Waals surface area contributed by atoms with Crippen LogP contribution in [-0.2, 0) is 11.2 Å². The van der Waals surface area contributed by atoms with E-state index >= 15 is 0 Å². The van der Waals surface area contributed by atoms with E-state index < -0.39 is 0 Å². The molecule has 1 unspecified atom stereocenters. The first kappa shape index (κ1) is 18.8. The van der Waals surface area contributed by atoms with Gasteiger partial charge in [0.1, 0.15) is 11.4 Å². The van der Waals surface area contributed by atoms with Gasteiger partial charge in [0.05, 0.1) is 22.5 Å². The van der Waals surface area contributed by atoms with Gasteiger partial charge in [-0.1, -0.05) is 48.2 Å². The second kappa shape index (κ2) is 7.91. The largest absolute Gasteiger partial charge is 0.311 e. The highest BCUT2D eigenvalue weighted by molar-refractivity contribution is 8.00. The number of benzene rings is 2. The molecule has 1 atom stereocenters. The number of hydrogen-bond acceptors (Lipinski definition) is 5. The number of rotatable bonds is 4. The molecule has 0 aliphatic carbocycles. The van der Waals surface area contributed by atoms with Crippen molar-refractivity contribution in [2.75, 3.05) is 11.4 Å². The molecule has 0 saturated heterocycles. The van der Waals surface area contributed by atoms with E-state index in [9.17, 15) is 4.79 Å². The Balaban J connectivity index is 1.42. The summed E-state index contributed by atoms with van der Waals surface area (Å²) < 4.78 is 1.80. The topological polar surface area (TPSA) is 63.9 Å². The van der Waals surface area contributed by atoms with Gasteiger partial charge in [0.2, 0.25) is 5.91 Å². The molecule has 6 nitrogen and oxygen atoms in total. The van der Waals surface area contributed by atoms with Crippen LogP contribution >= 0.6 is 11.8 Å². The molecule has 1 aliphatic rings. The van der Waals surface area contributed by atoms with Gasteiger partial charge in [-0.15, -0.1) is 0 Å². The van der Waals surface area contributed by atoms with Crippen molar-refractivity contribution in [3.8, 4) is 5.69 Å². The van der Waals surface area contributed by atoms with Crippen molar-refractivity contribution in [1.29, 1.82) is 0 Å². The Kier molecular flexibility index (Phi) is 4.96. The van der Waals surface area contributed by atoms with Crippen molar-refractivity contribution in [1.82, 2.24) is 19.7 Å². The van der Waals surface area contributed by atoms with Crippen molar-refractivity contribution in [3.05, 3.63) is 72.7 Å². The van der Waals surface area contributed by atoms with Gasteiger partial charge in [-0.25, -0.2) is 14.6 Å². The molecule has 2 aromatic heterocycles. The van der Waals surface area contributed by atoms with Crippen LogP contribution < -0.4 is 4.90 Å². The molecule has 30 heavy (non-hydrogen) atoms. The SMILES string of the molecule is CC(Sc1ncnc2c1cnn2-c1ccccc1)C(=O)N1CCCc2ccccc21. The molecular formula is C23H21N5OS. The molecule has 0 spiro atoms. The Morgan fingerprint density at radius 3 is 2.73 bits per heavy atom. The number of aryl methyl sites for hydroxylation is 1. The van der Waals surface area contributed by atoms with Crippen LogP contribution in [0.5, 0.6) is 0 Å². The molecule has 3 heterocycles. The number of fused-ring (bicyclic) bond motifs is 2. The molecule has 0 radical (unpaired) electrons. The van der Waals surface area contributed by atoms with E-state index in [1.165, 1.54) is 17.3 Å². The van der Waals surface area contributed by atoms with E-state index in [1.807, 2.05) is 60.4 Å². The first-order valence-corrected chi connectivity index (χ1v) is 10.9. The van der Waals surface area contributed by atoms with Crippen LogP contribution in [0.1, 0.15) is 18.9 Å². The lowest BCUT2D eigenvalue weighted by Gasteiger charge is -2.31. The molecule has 0 N–H and O–H groups in total. The molecule has 0 fully saturated rings. The van der Waals surface area contributed by atoms with Crippen LogP contribution in [0.2, 0.25) is 0 Å². The first-order valence-electron chi connectivity index (χ1n) is 10.0. The molecule has 5 rings (SSSR count). The second-order valence-corrected chi connectivity index (χ2v) is 8.62. The number of para-hydroxylation sites is 2. The lowest BCUT2D eigenvalue weighted by atomic mass is 10.0. The van der Waals surface area contributed by atoms with Crippen molar-refractivity contribution in [2.45, 2.75) is 30.0 Å². The lowest BCUT2D eigenvalue weighted by Crippen LogP contribution is -2.40. The van der Waals surface area contributed by atoms with E-state index in [-0.39, 0.29) is 11.2 Å². The van der Waals surface area contributed by atoms with Crippen LogP contribution in [0.15, 0.2) is 72.1 Å². The van der Waals surface area contributed by atoms with E-state index in [4.69, 9.17) is 0 Å². The van der Waals surface area contributed by atoms with Crippen LogP contribution in [0.25, 0.3) is 16.7 Å².